The molecular weight excluding hydrogens is 342 g/mol. The van der Waals surface area contributed by atoms with E-state index in [2.05, 4.69) is 20.9 Å². The lowest BCUT2D eigenvalue weighted by Crippen LogP contribution is -2.01. The molecule has 0 saturated heterocycles. The molecular formula is C14H11BrClN3O. The van der Waals surface area contributed by atoms with Crippen LogP contribution >= 0.6 is 27.5 Å². The normalized spacial score (nSPS) is 10.9. The van der Waals surface area contributed by atoms with E-state index < -0.39 is 0 Å². The third kappa shape index (κ3) is 2.13. The summed E-state index contributed by atoms with van der Waals surface area (Å²) in [6.07, 6.45) is 0. The molecule has 2 aromatic carbocycles. The van der Waals surface area contributed by atoms with Crippen LogP contribution in [0.2, 0.25) is 5.02 Å². The van der Waals surface area contributed by atoms with Gasteiger partial charge in [0.15, 0.2) is 0 Å². The highest BCUT2D eigenvalue weighted by Gasteiger charge is 2.12. The van der Waals surface area contributed by atoms with Crippen LogP contribution in [0.1, 0.15) is 0 Å². The van der Waals surface area contributed by atoms with Crippen LogP contribution in [-0.2, 0) is 0 Å². The molecule has 0 radical (unpaired) electrons. The second-order valence-corrected chi connectivity index (χ2v) is 5.58. The van der Waals surface area contributed by atoms with Crippen molar-refractivity contribution in [2.45, 2.75) is 0 Å². The highest BCUT2D eigenvalue weighted by molar-refractivity contribution is 9.10. The fourth-order valence-corrected chi connectivity index (χ4v) is 2.67. The molecule has 0 atom stereocenters. The summed E-state index contributed by atoms with van der Waals surface area (Å²) in [6.45, 7) is 0. The number of imidazole rings is 1. The van der Waals surface area contributed by atoms with E-state index >= 15 is 0 Å². The quantitative estimate of drug-likeness (QED) is 0.757. The fraction of sp³-hybridized carbons (Fsp3) is 0.0714. The van der Waals surface area contributed by atoms with Crippen molar-refractivity contribution in [2.24, 2.45) is 0 Å². The van der Waals surface area contributed by atoms with E-state index in [1.165, 1.54) is 0 Å². The highest BCUT2D eigenvalue weighted by Crippen LogP contribution is 2.31. The molecule has 20 heavy (non-hydrogen) atoms. The second kappa shape index (κ2) is 5.00. The van der Waals surface area contributed by atoms with Crippen LogP contribution in [0, 0.1) is 0 Å². The van der Waals surface area contributed by atoms with Gasteiger partial charge in [0.05, 0.1) is 28.9 Å². The first-order valence-electron chi connectivity index (χ1n) is 5.87. The molecule has 0 saturated carbocycles. The average Bonchev–Trinajstić information content (AvgIpc) is 2.75. The topological polar surface area (TPSA) is 53.1 Å². The Morgan fingerprint density at radius 2 is 2.05 bits per heavy atom. The Kier molecular flexibility index (Phi) is 3.31. The Morgan fingerprint density at radius 3 is 2.80 bits per heavy atom. The number of ether oxygens (including phenoxy) is 1. The number of methoxy groups -OCH3 is 1. The van der Waals surface area contributed by atoms with Gasteiger partial charge in [0.2, 0.25) is 5.95 Å². The Morgan fingerprint density at radius 1 is 1.25 bits per heavy atom. The van der Waals surface area contributed by atoms with Gasteiger partial charge < -0.3 is 10.5 Å². The van der Waals surface area contributed by atoms with Crippen molar-refractivity contribution in [3.63, 3.8) is 0 Å². The van der Waals surface area contributed by atoms with Gasteiger partial charge in [-0.3, -0.25) is 4.57 Å². The maximum atomic E-state index is 6.05. The van der Waals surface area contributed by atoms with E-state index in [-0.39, 0.29) is 0 Å². The van der Waals surface area contributed by atoms with Gasteiger partial charge in [0.25, 0.3) is 0 Å². The molecule has 1 aromatic heterocycles. The van der Waals surface area contributed by atoms with Gasteiger partial charge in [-0.1, -0.05) is 27.5 Å². The number of hydrogen-bond donors (Lipinski definition) is 1. The van der Waals surface area contributed by atoms with Gasteiger partial charge in [-0.25, -0.2) is 4.98 Å². The number of hydrogen-bond acceptors (Lipinski definition) is 3. The van der Waals surface area contributed by atoms with E-state index in [9.17, 15) is 0 Å². The third-order valence-electron chi connectivity index (χ3n) is 3.04. The van der Waals surface area contributed by atoms with E-state index in [4.69, 9.17) is 22.1 Å². The van der Waals surface area contributed by atoms with E-state index in [0.717, 1.165) is 21.2 Å². The molecule has 0 fully saturated rings. The molecule has 0 aliphatic carbocycles. The molecule has 4 nitrogen and oxygen atoms in total. The van der Waals surface area contributed by atoms with Crippen molar-refractivity contribution in [3.8, 4) is 11.4 Å². The van der Waals surface area contributed by atoms with E-state index in [1.54, 1.807) is 13.2 Å². The number of rotatable bonds is 2. The molecule has 0 unspecified atom stereocenters. The largest absolute Gasteiger partial charge is 0.495 e. The summed E-state index contributed by atoms with van der Waals surface area (Å²) in [5, 5.41) is 0.556. The van der Waals surface area contributed by atoms with Crippen LogP contribution in [0.4, 0.5) is 5.95 Å². The molecule has 102 valence electrons. The van der Waals surface area contributed by atoms with Gasteiger partial charge in [-0.15, -0.1) is 0 Å². The summed E-state index contributed by atoms with van der Waals surface area (Å²) in [6, 6.07) is 11.3. The lowest BCUT2D eigenvalue weighted by molar-refractivity contribution is 0.415. The maximum absolute atomic E-state index is 6.05. The number of fused-ring (bicyclic) bond motifs is 1. The smallest absolute Gasteiger partial charge is 0.205 e. The second-order valence-electron chi connectivity index (χ2n) is 4.26. The van der Waals surface area contributed by atoms with Crippen LogP contribution in [0.3, 0.4) is 0 Å². The average molecular weight is 353 g/mol. The Labute approximate surface area is 129 Å². The summed E-state index contributed by atoms with van der Waals surface area (Å²) >= 11 is 9.51. The number of nitrogens with two attached hydrogens (primary N) is 1. The van der Waals surface area contributed by atoms with Gasteiger partial charge in [0, 0.05) is 10.5 Å². The van der Waals surface area contributed by atoms with Crippen molar-refractivity contribution < 1.29 is 4.74 Å². The molecule has 1 heterocycles. The van der Waals surface area contributed by atoms with Crippen molar-refractivity contribution in [1.29, 1.82) is 0 Å². The first-order chi connectivity index (χ1) is 9.60. The molecule has 0 bridgehead atoms. The monoisotopic (exact) mass is 351 g/mol. The number of benzene rings is 2. The zero-order valence-electron chi connectivity index (χ0n) is 10.6. The molecule has 6 heteroatoms. The minimum absolute atomic E-state index is 0.419. The molecule has 3 aromatic rings. The number of aromatic nitrogens is 2. The lowest BCUT2D eigenvalue weighted by Gasteiger charge is -2.09. The zero-order valence-corrected chi connectivity index (χ0v) is 12.9. The van der Waals surface area contributed by atoms with Gasteiger partial charge in [-0.05, 0) is 30.3 Å². The van der Waals surface area contributed by atoms with E-state index in [0.29, 0.717) is 16.7 Å². The van der Waals surface area contributed by atoms with Crippen molar-refractivity contribution in [1.82, 2.24) is 9.55 Å². The zero-order chi connectivity index (χ0) is 14.3. The van der Waals surface area contributed by atoms with Crippen molar-refractivity contribution in [3.05, 3.63) is 45.9 Å². The lowest BCUT2D eigenvalue weighted by atomic mass is 10.2. The maximum Gasteiger partial charge on any atom is 0.205 e. The van der Waals surface area contributed by atoms with Crippen molar-refractivity contribution >= 4 is 44.5 Å². The van der Waals surface area contributed by atoms with Gasteiger partial charge in [0.1, 0.15) is 5.75 Å². The van der Waals surface area contributed by atoms with Crippen molar-refractivity contribution in [2.75, 3.05) is 12.8 Å². The number of halogens is 2. The SMILES string of the molecule is COc1cc(-n2c(N)nc3ccc(Br)cc32)ccc1Cl. The van der Waals surface area contributed by atoms with E-state index in [1.807, 2.05) is 34.9 Å². The summed E-state index contributed by atoms with van der Waals surface area (Å²) in [7, 11) is 1.58. The number of nitrogens with zero attached hydrogens (tertiary/aromatic N) is 2. The van der Waals surface area contributed by atoms with Gasteiger partial charge >= 0.3 is 0 Å². The number of anilines is 1. The minimum atomic E-state index is 0.419. The Bertz CT molecular complexity index is 800. The molecule has 0 amide bonds. The fourth-order valence-electron chi connectivity index (χ4n) is 2.13. The minimum Gasteiger partial charge on any atom is -0.495 e. The van der Waals surface area contributed by atoms with Crippen LogP contribution in [0.5, 0.6) is 5.75 Å². The summed E-state index contributed by atoms with van der Waals surface area (Å²) in [5.41, 5.74) is 8.63. The molecule has 3 rings (SSSR count). The highest BCUT2D eigenvalue weighted by atomic mass is 79.9. The Balaban J connectivity index is 2.28. The van der Waals surface area contributed by atoms with Crippen LogP contribution < -0.4 is 10.5 Å². The summed E-state index contributed by atoms with van der Waals surface area (Å²) in [5.74, 6) is 1.02. The summed E-state index contributed by atoms with van der Waals surface area (Å²) in [4.78, 5) is 4.35. The first kappa shape index (κ1) is 13.3. The molecule has 2 N–H and O–H groups in total. The molecule has 0 aliphatic rings. The first-order valence-corrected chi connectivity index (χ1v) is 7.04. The third-order valence-corrected chi connectivity index (χ3v) is 3.84. The molecule has 0 spiro atoms. The van der Waals surface area contributed by atoms with Gasteiger partial charge in [-0.2, -0.15) is 0 Å². The van der Waals surface area contributed by atoms with Crippen LogP contribution in [-0.4, -0.2) is 16.7 Å². The number of nitrogen functional groups attached to an aromatic ring is 1. The van der Waals surface area contributed by atoms with Crippen LogP contribution in [0.15, 0.2) is 40.9 Å². The predicted octanol–water partition coefficient (Wildman–Crippen LogP) is 4.03. The molecule has 0 aliphatic heterocycles. The standard InChI is InChI=1S/C14H11BrClN3O/c1-20-13-7-9(3-4-10(13)16)19-12-6-8(15)2-5-11(12)18-14(19)17/h2-7H,1H3,(H2,17,18). The summed E-state index contributed by atoms with van der Waals surface area (Å²) < 4.78 is 8.07. The Hall–Kier alpha value is -1.72. The predicted molar refractivity (Wildman–Crippen MR) is 84.7 cm³/mol. The van der Waals surface area contributed by atoms with Crippen LogP contribution in [0.25, 0.3) is 16.7 Å².